The molecule has 0 aromatic rings. The van der Waals surface area contributed by atoms with Crippen molar-refractivity contribution in [1.29, 1.82) is 0 Å². The molecule has 1 atom stereocenters. The maximum Gasteiger partial charge on any atom is 0.306 e. The highest BCUT2D eigenvalue weighted by atomic mass is 16.6. The predicted octanol–water partition coefficient (Wildman–Crippen LogP) is 17.6. The van der Waals surface area contributed by atoms with Gasteiger partial charge in [-0.15, -0.1) is 0 Å². The molecule has 0 amide bonds. The van der Waals surface area contributed by atoms with Crippen molar-refractivity contribution in [1.82, 2.24) is 0 Å². The average Bonchev–Trinajstić information content (AvgIpc) is 3.33. The second-order valence-corrected chi connectivity index (χ2v) is 16.7. The molecule has 6 heteroatoms. The second-order valence-electron chi connectivity index (χ2n) is 16.7. The third-order valence-corrected chi connectivity index (χ3v) is 10.3. The van der Waals surface area contributed by atoms with E-state index in [1.165, 1.54) is 6.42 Å². The lowest BCUT2D eigenvalue weighted by Crippen LogP contribution is -2.30. The van der Waals surface area contributed by atoms with Gasteiger partial charge in [-0.05, 0) is 128 Å². The van der Waals surface area contributed by atoms with Gasteiger partial charge in [0, 0.05) is 19.3 Å². The van der Waals surface area contributed by atoms with Gasteiger partial charge in [0.15, 0.2) is 6.10 Å². The minimum Gasteiger partial charge on any atom is -0.462 e. The molecule has 0 aliphatic rings. The van der Waals surface area contributed by atoms with Crippen LogP contribution in [0.5, 0.6) is 0 Å². The highest BCUT2D eigenvalue weighted by Crippen LogP contribution is 2.11. The van der Waals surface area contributed by atoms with Crippen LogP contribution in [0.15, 0.2) is 146 Å². The summed E-state index contributed by atoms with van der Waals surface area (Å²) in [6.07, 6.45) is 76.9. The van der Waals surface area contributed by atoms with Crippen molar-refractivity contribution in [3.8, 4) is 0 Å². The lowest BCUT2D eigenvalue weighted by atomic mass is 10.1. The largest absolute Gasteiger partial charge is 0.462 e. The van der Waals surface area contributed by atoms with Gasteiger partial charge in [0.05, 0.1) is 0 Å². The standard InChI is InChI=1S/C61H94O6/c1-4-7-10-13-16-19-22-25-27-29-30-32-33-36-39-42-45-48-51-54-60(63)66-57-58(56-65-59(62)53-50-47-44-41-38-35-24-21-18-15-12-9-6-3)67-61(64)55-52-49-46-43-40-37-34-31-28-26-23-20-17-14-11-8-5-2/h7-8,10-12,15-17,19-21,24-28,30,32,34,36-37,39,43,46,58H,4-6,9,13-14,18,22-23,29,31,33,35,38,40-42,44-45,47-57H2,1-3H3/b10-7-,11-8-,15-12-,19-16-,20-17-,24-21-,27-25-,28-26-,32-30-,37-34-,39-36-,46-43-. The monoisotopic (exact) mass is 923 g/mol. The Morgan fingerprint density at radius 1 is 0.313 bits per heavy atom. The molecule has 0 saturated heterocycles. The molecule has 67 heavy (non-hydrogen) atoms. The van der Waals surface area contributed by atoms with Crippen molar-refractivity contribution in [3.63, 3.8) is 0 Å². The van der Waals surface area contributed by atoms with Crippen LogP contribution in [0.4, 0.5) is 0 Å². The molecule has 0 fully saturated rings. The molecule has 0 aromatic carbocycles. The van der Waals surface area contributed by atoms with E-state index in [1.807, 2.05) is 0 Å². The first kappa shape index (κ1) is 62.3. The number of carbonyl (C=O) groups excluding carboxylic acids is 3. The quantitative estimate of drug-likeness (QED) is 0.0262. The molecule has 0 aliphatic heterocycles. The normalized spacial score (nSPS) is 13.3. The second kappa shape index (κ2) is 53.9. The van der Waals surface area contributed by atoms with E-state index in [0.29, 0.717) is 19.3 Å². The fraction of sp³-hybridized carbons (Fsp3) is 0.557. The third-order valence-electron chi connectivity index (χ3n) is 10.3. The van der Waals surface area contributed by atoms with Crippen LogP contribution in [0.25, 0.3) is 0 Å². The van der Waals surface area contributed by atoms with E-state index >= 15 is 0 Å². The van der Waals surface area contributed by atoms with E-state index in [2.05, 4.69) is 167 Å². The molecular formula is C61H94O6. The Morgan fingerprint density at radius 2 is 0.597 bits per heavy atom. The summed E-state index contributed by atoms with van der Waals surface area (Å²) in [7, 11) is 0. The summed E-state index contributed by atoms with van der Waals surface area (Å²) in [5.41, 5.74) is 0. The van der Waals surface area contributed by atoms with Crippen LogP contribution in [0, 0.1) is 0 Å². The summed E-state index contributed by atoms with van der Waals surface area (Å²) in [5, 5.41) is 0. The topological polar surface area (TPSA) is 78.9 Å². The summed E-state index contributed by atoms with van der Waals surface area (Å²) < 4.78 is 16.7. The van der Waals surface area contributed by atoms with Crippen LogP contribution < -0.4 is 0 Å². The van der Waals surface area contributed by atoms with Crippen molar-refractivity contribution in [2.24, 2.45) is 0 Å². The Bertz CT molecular complexity index is 1530. The Hall–Kier alpha value is -4.71. The zero-order valence-corrected chi connectivity index (χ0v) is 42.6. The van der Waals surface area contributed by atoms with E-state index in [0.717, 1.165) is 148 Å². The molecule has 0 aromatic heterocycles. The van der Waals surface area contributed by atoms with Gasteiger partial charge in [0.1, 0.15) is 13.2 Å². The van der Waals surface area contributed by atoms with Crippen molar-refractivity contribution in [3.05, 3.63) is 146 Å². The molecule has 374 valence electrons. The smallest absolute Gasteiger partial charge is 0.306 e. The summed E-state index contributed by atoms with van der Waals surface area (Å²) in [4.78, 5) is 38.0. The van der Waals surface area contributed by atoms with Gasteiger partial charge in [-0.3, -0.25) is 14.4 Å². The molecule has 0 N–H and O–H groups in total. The van der Waals surface area contributed by atoms with Gasteiger partial charge in [-0.2, -0.15) is 0 Å². The summed E-state index contributed by atoms with van der Waals surface area (Å²) in [5.74, 6) is -1.04. The van der Waals surface area contributed by atoms with Crippen molar-refractivity contribution in [2.75, 3.05) is 13.2 Å². The predicted molar refractivity (Wildman–Crippen MR) is 288 cm³/mol. The van der Waals surface area contributed by atoms with E-state index < -0.39 is 6.10 Å². The molecule has 0 bridgehead atoms. The fourth-order valence-electron chi connectivity index (χ4n) is 6.42. The number of hydrogen-bond donors (Lipinski definition) is 0. The summed E-state index contributed by atoms with van der Waals surface area (Å²) in [6.45, 7) is 6.23. The number of ether oxygens (including phenoxy) is 3. The minimum atomic E-state index is -0.834. The lowest BCUT2D eigenvalue weighted by molar-refractivity contribution is -0.167. The molecular weight excluding hydrogens is 829 g/mol. The average molecular weight is 923 g/mol. The van der Waals surface area contributed by atoms with Gasteiger partial charge >= 0.3 is 17.9 Å². The van der Waals surface area contributed by atoms with Crippen LogP contribution in [0.1, 0.15) is 201 Å². The Labute approximate surface area is 410 Å². The van der Waals surface area contributed by atoms with Gasteiger partial charge in [-0.1, -0.05) is 199 Å². The van der Waals surface area contributed by atoms with E-state index in [-0.39, 0.29) is 37.5 Å². The first-order valence-corrected chi connectivity index (χ1v) is 26.3. The maximum atomic E-state index is 12.8. The van der Waals surface area contributed by atoms with Crippen LogP contribution in [0.3, 0.4) is 0 Å². The molecule has 0 aliphatic carbocycles. The van der Waals surface area contributed by atoms with Crippen LogP contribution in [-0.2, 0) is 28.6 Å². The molecule has 0 saturated carbocycles. The Balaban J connectivity index is 4.59. The van der Waals surface area contributed by atoms with Crippen LogP contribution in [-0.4, -0.2) is 37.2 Å². The van der Waals surface area contributed by atoms with E-state index in [1.54, 1.807) is 0 Å². The minimum absolute atomic E-state index is 0.125. The number of allylic oxidation sites excluding steroid dienone is 24. The molecule has 1 unspecified atom stereocenters. The summed E-state index contributed by atoms with van der Waals surface area (Å²) >= 11 is 0. The van der Waals surface area contributed by atoms with E-state index in [9.17, 15) is 14.4 Å². The Kier molecular flexibility index (Phi) is 50.1. The highest BCUT2D eigenvalue weighted by Gasteiger charge is 2.19. The number of hydrogen-bond acceptors (Lipinski definition) is 6. The zero-order chi connectivity index (χ0) is 48.6. The fourth-order valence-corrected chi connectivity index (χ4v) is 6.42. The van der Waals surface area contributed by atoms with Crippen molar-refractivity contribution < 1.29 is 28.6 Å². The Morgan fingerprint density at radius 3 is 0.970 bits per heavy atom. The number of unbranched alkanes of at least 4 members (excludes halogenated alkanes) is 10. The molecule has 6 nitrogen and oxygen atoms in total. The third kappa shape index (κ3) is 52.1. The van der Waals surface area contributed by atoms with Crippen LogP contribution >= 0.6 is 0 Å². The van der Waals surface area contributed by atoms with Gasteiger partial charge < -0.3 is 14.2 Å². The van der Waals surface area contributed by atoms with Gasteiger partial charge in [-0.25, -0.2) is 0 Å². The van der Waals surface area contributed by atoms with Crippen LogP contribution in [0.2, 0.25) is 0 Å². The first-order valence-electron chi connectivity index (χ1n) is 26.3. The van der Waals surface area contributed by atoms with Crippen molar-refractivity contribution >= 4 is 17.9 Å². The van der Waals surface area contributed by atoms with Gasteiger partial charge in [0.2, 0.25) is 0 Å². The highest BCUT2D eigenvalue weighted by molar-refractivity contribution is 5.71. The lowest BCUT2D eigenvalue weighted by Gasteiger charge is -2.18. The maximum absolute atomic E-state index is 12.8. The molecule has 0 heterocycles. The summed E-state index contributed by atoms with van der Waals surface area (Å²) in [6, 6.07) is 0. The molecule has 0 rings (SSSR count). The molecule has 0 radical (unpaired) electrons. The first-order chi connectivity index (χ1) is 33.0. The van der Waals surface area contributed by atoms with Crippen molar-refractivity contribution in [2.45, 2.75) is 207 Å². The van der Waals surface area contributed by atoms with E-state index in [4.69, 9.17) is 14.2 Å². The van der Waals surface area contributed by atoms with Gasteiger partial charge in [0.25, 0.3) is 0 Å². The molecule has 0 spiro atoms. The SMILES string of the molecule is CC/C=C\C/C=C\C/C=C\C/C=C\C/C=C\CCCCCC(=O)OCC(COC(=O)CCCCCCC/C=C\C/C=C\CCC)OC(=O)CCC/C=C\C/C=C\C/C=C\C/C=C\C/C=C\CC. The zero-order valence-electron chi connectivity index (χ0n) is 42.6. The number of esters is 3. The number of rotatable bonds is 45. The number of carbonyl (C=O) groups is 3.